The van der Waals surface area contributed by atoms with Crippen molar-refractivity contribution in [2.45, 2.75) is 13.0 Å². The van der Waals surface area contributed by atoms with Gasteiger partial charge in [-0.05, 0) is 29.8 Å². The Morgan fingerprint density at radius 2 is 1.90 bits per heavy atom. The highest BCUT2D eigenvalue weighted by Gasteiger charge is 2.07. The lowest BCUT2D eigenvalue weighted by Crippen LogP contribution is -2.25. The number of pyridine rings is 1. The molecule has 108 valence electrons. The highest BCUT2D eigenvalue weighted by atomic mass is 19.1. The zero-order chi connectivity index (χ0) is 15.2. The number of carbonyl (C=O) groups is 2. The van der Waals surface area contributed by atoms with Crippen LogP contribution >= 0.6 is 0 Å². The zero-order valence-electron chi connectivity index (χ0n) is 11.0. The van der Waals surface area contributed by atoms with Crippen LogP contribution in [0.15, 0.2) is 42.6 Å². The number of aromatic nitrogens is 1. The molecule has 0 fully saturated rings. The van der Waals surface area contributed by atoms with Gasteiger partial charge in [0.1, 0.15) is 5.82 Å². The first kappa shape index (κ1) is 14.6. The van der Waals surface area contributed by atoms with Crippen molar-refractivity contribution in [2.24, 2.45) is 0 Å². The van der Waals surface area contributed by atoms with E-state index in [0.29, 0.717) is 11.3 Å². The maximum absolute atomic E-state index is 12.7. The molecule has 1 heterocycles. The van der Waals surface area contributed by atoms with Crippen molar-refractivity contribution in [3.05, 3.63) is 65.2 Å². The van der Waals surface area contributed by atoms with Crippen molar-refractivity contribution in [3.63, 3.8) is 0 Å². The van der Waals surface area contributed by atoms with Gasteiger partial charge >= 0.3 is 5.97 Å². The van der Waals surface area contributed by atoms with Crippen LogP contribution in [0.2, 0.25) is 0 Å². The molecule has 0 spiro atoms. The van der Waals surface area contributed by atoms with Crippen LogP contribution in [0, 0.1) is 5.82 Å². The van der Waals surface area contributed by atoms with Crippen molar-refractivity contribution >= 4 is 11.9 Å². The predicted octanol–water partition coefficient (Wildman–Crippen LogP) is 1.78. The van der Waals surface area contributed by atoms with Crippen LogP contribution in [0.1, 0.15) is 21.6 Å². The maximum atomic E-state index is 12.7. The Morgan fingerprint density at radius 1 is 1.19 bits per heavy atom. The average Bonchev–Trinajstić information content (AvgIpc) is 2.48. The number of carbonyl (C=O) groups excluding carboxylic acids is 1. The third kappa shape index (κ3) is 4.38. The summed E-state index contributed by atoms with van der Waals surface area (Å²) in [4.78, 5) is 26.5. The quantitative estimate of drug-likeness (QED) is 0.879. The number of aromatic carboxylic acids is 1. The first-order valence-corrected chi connectivity index (χ1v) is 6.24. The summed E-state index contributed by atoms with van der Waals surface area (Å²) in [5.41, 5.74) is 1.27. The number of nitrogens with one attached hydrogen (secondary N) is 1. The van der Waals surface area contributed by atoms with Crippen LogP contribution in [-0.4, -0.2) is 22.0 Å². The van der Waals surface area contributed by atoms with Gasteiger partial charge in [0.15, 0.2) is 0 Å². The number of carboxylic acids is 1. The molecule has 2 aromatic rings. The van der Waals surface area contributed by atoms with E-state index in [4.69, 9.17) is 5.11 Å². The standard InChI is InChI=1S/C15H13FN2O3/c16-12-3-1-10(2-4-12)7-14(19)18-9-13-8-11(15(20)21)5-6-17-13/h1-6,8H,7,9H2,(H,18,19)(H,20,21). The van der Waals surface area contributed by atoms with Gasteiger partial charge in [-0.25, -0.2) is 9.18 Å². The predicted molar refractivity (Wildman–Crippen MR) is 73.1 cm³/mol. The second kappa shape index (κ2) is 6.60. The molecule has 5 nitrogen and oxygen atoms in total. The van der Waals surface area contributed by atoms with E-state index >= 15 is 0 Å². The lowest BCUT2D eigenvalue weighted by atomic mass is 10.1. The third-order valence-corrected chi connectivity index (χ3v) is 2.81. The number of halogens is 1. The van der Waals surface area contributed by atoms with Crippen molar-refractivity contribution < 1.29 is 19.1 Å². The highest BCUT2D eigenvalue weighted by Crippen LogP contribution is 2.04. The molecule has 1 amide bonds. The molecule has 0 aliphatic carbocycles. The first-order chi connectivity index (χ1) is 10.0. The van der Waals surface area contributed by atoms with Gasteiger partial charge in [-0.15, -0.1) is 0 Å². The van der Waals surface area contributed by atoms with E-state index in [0.717, 1.165) is 0 Å². The fourth-order valence-electron chi connectivity index (χ4n) is 1.75. The molecule has 6 heteroatoms. The van der Waals surface area contributed by atoms with Gasteiger partial charge in [-0.3, -0.25) is 9.78 Å². The van der Waals surface area contributed by atoms with E-state index in [1.807, 2.05) is 0 Å². The van der Waals surface area contributed by atoms with Crippen LogP contribution < -0.4 is 5.32 Å². The molecule has 1 aromatic heterocycles. The van der Waals surface area contributed by atoms with Crippen molar-refractivity contribution in [1.29, 1.82) is 0 Å². The molecule has 1 aromatic carbocycles. The van der Waals surface area contributed by atoms with Crippen LogP contribution in [0.4, 0.5) is 4.39 Å². The number of benzene rings is 1. The number of hydrogen-bond acceptors (Lipinski definition) is 3. The average molecular weight is 288 g/mol. The van der Waals surface area contributed by atoms with Crippen molar-refractivity contribution in [1.82, 2.24) is 10.3 Å². The van der Waals surface area contributed by atoms with Gasteiger partial charge in [0.2, 0.25) is 5.91 Å². The normalized spacial score (nSPS) is 10.1. The van der Waals surface area contributed by atoms with E-state index < -0.39 is 5.97 Å². The van der Waals surface area contributed by atoms with Gasteiger partial charge in [0.05, 0.1) is 24.2 Å². The lowest BCUT2D eigenvalue weighted by molar-refractivity contribution is -0.120. The molecular weight excluding hydrogens is 275 g/mol. The van der Waals surface area contributed by atoms with Crippen molar-refractivity contribution in [2.75, 3.05) is 0 Å². The summed E-state index contributed by atoms with van der Waals surface area (Å²) in [6.45, 7) is 0.140. The van der Waals surface area contributed by atoms with E-state index in [9.17, 15) is 14.0 Å². The molecule has 0 aliphatic heterocycles. The number of nitrogens with zero attached hydrogens (tertiary/aromatic N) is 1. The first-order valence-electron chi connectivity index (χ1n) is 6.24. The SMILES string of the molecule is O=C(Cc1ccc(F)cc1)NCc1cc(C(=O)O)ccn1. The molecule has 2 rings (SSSR count). The number of carboxylic acid groups (broad SMARTS) is 1. The molecule has 2 N–H and O–H groups in total. The van der Waals surface area contributed by atoms with E-state index in [-0.39, 0.29) is 30.3 Å². The Kier molecular flexibility index (Phi) is 4.61. The Bertz CT molecular complexity index is 656. The Balaban J connectivity index is 1.90. The van der Waals surface area contributed by atoms with Crippen LogP contribution in [0.3, 0.4) is 0 Å². The number of amides is 1. The largest absolute Gasteiger partial charge is 0.478 e. The van der Waals surface area contributed by atoms with Crippen LogP contribution in [0.5, 0.6) is 0 Å². The summed E-state index contributed by atoms with van der Waals surface area (Å²) in [5, 5.41) is 11.5. The minimum absolute atomic E-state index is 0.118. The van der Waals surface area contributed by atoms with E-state index in [1.165, 1.54) is 42.6 Å². The summed E-state index contributed by atoms with van der Waals surface area (Å²) in [7, 11) is 0. The molecule has 0 radical (unpaired) electrons. The summed E-state index contributed by atoms with van der Waals surface area (Å²) >= 11 is 0. The lowest BCUT2D eigenvalue weighted by Gasteiger charge is -2.05. The fraction of sp³-hybridized carbons (Fsp3) is 0.133. The van der Waals surface area contributed by atoms with Crippen LogP contribution in [-0.2, 0) is 17.8 Å². The minimum Gasteiger partial charge on any atom is -0.478 e. The zero-order valence-corrected chi connectivity index (χ0v) is 11.0. The molecule has 0 saturated carbocycles. The summed E-state index contributed by atoms with van der Waals surface area (Å²) in [6.07, 6.45) is 1.50. The van der Waals surface area contributed by atoms with Gasteiger partial charge in [0, 0.05) is 6.20 Å². The Hall–Kier alpha value is -2.76. The monoisotopic (exact) mass is 288 g/mol. The Labute approximate surface area is 120 Å². The van der Waals surface area contributed by atoms with Gasteiger partial charge in [-0.2, -0.15) is 0 Å². The van der Waals surface area contributed by atoms with E-state index in [2.05, 4.69) is 10.3 Å². The Morgan fingerprint density at radius 3 is 2.57 bits per heavy atom. The minimum atomic E-state index is -1.05. The highest BCUT2D eigenvalue weighted by molar-refractivity contribution is 5.87. The second-order valence-corrected chi connectivity index (χ2v) is 4.42. The maximum Gasteiger partial charge on any atom is 0.335 e. The molecule has 21 heavy (non-hydrogen) atoms. The third-order valence-electron chi connectivity index (χ3n) is 2.81. The molecule has 0 atom stereocenters. The fourth-order valence-corrected chi connectivity index (χ4v) is 1.75. The molecule has 0 unspecified atom stereocenters. The molecule has 0 saturated heterocycles. The summed E-state index contributed by atoms with van der Waals surface area (Å²) in [6, 6.07) is 8.45. The second-order valence-electron chi connectivity index (χ2n) is 4.42. The number of rotatable bonds is 5. The van der Waals surface area contributed by atoms with Gasteiger partial charge in [-0.1, -0.05) is 12.1 Å². The summed E-state index contributed by atoms with van der Waals surface area (Å²) in [5.74, 6) is -1.64. The van der Waals surface area contributed by atoms with Gasteiger partial charge in [0.25, 0.3) is 0 Å². The smallest absolute Gasteiger partial charge is 0.335 e. The van der Waals surface area contributed by atoms with E-state index in [1.54, 1.807) is 0 Å². The molecular formula is C15H13FN2O3. The van der Waals surface area contributed by atoms with Crippen molar-refractivity contribution in [3.8, 4) is 0 Å². The van der Waals surface area contributed by atoms with Gasteiger partial charge < -0.3 is 10.4 Å². The summed E-state index contributed by atoms with van der Waals surface area (Å²) < 4.78 is 12.7. The number of hydrogen-bond donors (Lipinski definition) is 2. The topological polar surface area (TPSA) is 79.3 Å². The molecule has 0 bridgehead atoms. The van der Waals surface area contributed by atoms with Crippen LogP contribution in [0.25, 0.3) is 0 Å². The molecule has 0 aliphatic rings.